The molecule has 106 valence electrons. The second-order valence-electron chi connectivity index (χ2n) is 5.00. The first-order valence-electron chi connectivity index (χ1n) is 6.77. The molecular weight excluding hydrogens is 246 g/mol. The Labute approximate surface area is 112 Å². The highest BCUT2D eigenvalue weighted by molar-refractivity contribution is 5.91. The van der Waals surface area contributed by atoms with Gasteiger partial charge in [0.2, 0.25) is 5.91 Å². The van der Waals surface area contributed by atoms with Crippen molar-refractivity contribution in [1.29, 1.82) is 0 Å². The van der Waals surface area contributed by atoms with Crippen LogP contribution in [0.2, 0.25) is 0 Å². The van der Waals surface area contributed by atoms with Crippen molar-refractivity contribution >= 4 is 11.7 Å². The number of piperidine rings is 1. The number of carbonyl (C=O) groups is 1. The molecular formula is C13H21N3O3. The standard InChI is InChI=1S/C13H21N3O3/c1-10-8-12(15-19-10)14-13(18)9-16-6-3-2-4-11(16)5-7-17/h8,11,17H,2-7,9H2,1H3,(H,14,15,18). The van der Waals surface area contributed by atoms with Crippen LogP contribution in [0.3, 0.4) is 0 Å². The SMILES string of the molecule is Cc1cc(NC(=O)CN2CCCCC2CCO)no1. The van der Waals surface area contributed by atoms with Gasteiger partial charge in [-0.3, -0.25) is 9.69 Å². The highest BCUT2D eigenvalue weighted by Crippen LogP contribution is 2.19. The number of aromatic nitrogens is 1. The topological polar surface area (TPSA) is 78.6 Å². The molecule has 0 aliphatic carbocycles. The fraction of sp³-hybridized carbons (Fsp3) is 0.692. The molecule has 0 aromatic carbocycles. The van der Waals surface area contributed by atoms with Gasteiger partial charge in [0.15, 0.2) is 5.82 Å². The average Bonchev–Trinajstić information content (AvgIpc) is 2.77. The summed E-state index contributed by atoms with van der Waals surface area (Å²) in [4.78, 5) is 14.1. The molecule has 19 heavy (non-hydrogen) atoms. The quantitative estimate of drug-likeness (QED) is 0.837. The maximum absolute atomic E-state index is 11.9. The zero-order valence-electron chi connectivity index (χ0n) is 11.3. The number of carbonyl (C=O) groups excluding carboxylic acids is 1. The summed E-state index contributed by atoms with van der Waals surface area (Å²) >= 11 is 0. The Morgan fingerprint density at radius 3 is 3.16 bits per heavy atom. The van der Waals surface area contributed by atoms with Crippen LogP contribution in [0.5, 0.6) is 0 Å². The molecule has 1 atom stereocenters. The van der Waals surface area contributed by atoms with Crippen LogP contribution in [0.15, 0.2) is 10.6 Å². The Balaban J connectivity index is 1.86. The lowest BCUT2D eigenvalue weighted by Crippen LogP contribution is -2.44. The van der Waals surface area contributed by atoms with Gasteiger partial charge in [-0.1, -0.05) is 11.6 Å². The van der Waals surface area contributed by atoms with Gasteiger partial charge in [0, 0.05) is 18.7 Å². The lowest BCUT2D eigenvalue weighted by molar-refractivity contribution is -0.118. The number of rotatable bonds is 5. The van der Waals surface area contributed by atoms with Gasteiger partial charge >= 0.3 is 0 Å². The van der Waals surface area contributed by atoms with Crippen molar-refractivity contribution in [1.82, 2.24) is 10.1 Å². The van der Waals surface area contributed by atoms with Crippen LogP contribution in [-0.2, 0) is 4.79 Å². The summed E-state index contributed by atoms with van der Waals surface area (Å²) in [6.45, 7) is 3.21. The Bertz CT molecular complexity index is 417. The Kier molecular flexibility index (Phi) is 4.93. The number of hydrogen-bond donors (Lipinski definition) is 2. The first-order chi connectivity index (χ1) is 9.19. The third-order valence-corrected chi connectivity index (χ3v) is 3.45. The second-order valence-corrected chi connectivity index (χ2v) is 5.00. The molecule has 0 bridgehead atoms. The van der Waals surface area contributed by atoms with E-state index in [9.17, 15) is 4.79 Å². The highest BCUT2D eigenvalue weighted by atomic mass is 16.5. The molecule has 0 spiro atoms. The number of aryl methyl sites for hydroxylation is 1. The van der Waals surface area contributed by atoms with Crippen molar-refractivity contribution in [2.75, 3.05) is 25.0 Å². The van der Waals surface area contributed by atoms with E-state index in [0.717, 1.165) is 25.8 Å². The number of aliphatic hydroxyl groups excluding tert-OH is 1. The highest BCUT2D eigenvalue weighted by Gasteiger charge is 2.23. The molecule has 1 saturated heterocycles. The molecule has 1 aliphatic rings. The number of amides is 1. The van der Waals surface area contributed by atoms with Crippen molar-refractivity contribution in [3.8, 4) is 0 Å². The predicted molar refractivity (Wildman–Crippen MR) is 70.8 cm³/mol. The minimum absolute atomic E-state index is 0.0851. The Morgan fingerprint density at radius 2 is 2.47 bits per heavy atom. The normalized spacial score (nSPS) is 20.4. The molecule has 1 unspecified atom stereocenters. The van der Waals surface area contributed by atoms with E-state index in [1.165, 1.54) is 6.42 Å². The number of nitrogens with one attached hydrogen (secondary N) is 1. The third-order valence-electron chi connectivity index (χ3n) is 3.45. The number of anilines is 1. The third kappa shape index (κ3) is 4.04. The maximum atomic E-state index is 11.9. The van der Waals surface area contributed by atoms with Crippen molar-refractivity contribution in [2.45, 2.75) is 38.6 Å². The summed E-state index contributed by atoms with van der Waals surface area (Å²) in [5.41, 5.74) is 0. The van der Waals surface area contributed by atoms with Crippen LogP contribution in [0.4, 0.5) is 5.82 Å². The first-order valence-corrected chi connectivity index (χ1v) is 6.77. The van der Waals surface area contributed by atoms with Crippen LogP contribution in [0.25, 0.3) is 0 Å². The fourth-order valence-corrected chi connectivity index (χ4v) is 2.54. The number of nitrogens with zero attached hydrogens (tertiary/aromatic N) is 2. The first kappa shape index (κ1) is 14.0. The number of likely N-dealkylation sites (tertiary alicyclic amines) is 1. The van der Waals surface area contributed by atoms with Gasteiger partial charge < -0.3 is 14.9 Å². The maximum Gasteiger partial charge on any atom is 0.239 e. The average molecular weight is 267 g/mol. The minimum atomic E-state index is -0.0851. The molecule has 1 fully saturated rings. The Hall–Kier alpha value is -1.40. The smallest absolute Gasteiger partial charge is 0.239 e. The van der Waals surface area contributed by atoms with Crippen molar-refractivity contribution in [3.05, 3.63) is 11.8 Å². The summed E-state index contributed by atoms with van der Waals surface area (Å²) in [5, 5.41) is 15.5. The van der Waals surface area contributed by atoms with Gasteiger partial charge in [-0.05, 0) is 32.7 Å². The molecule has 1 amide bonds. The summed E-state index contributed by atoms with van der Waals surface area (Å²) in [6.07, 6.45) is 4.07. The van der Waals surface area contributed by atoms with E-state index in [2.05, 4.69) is 15.4 Å². The summed E-state index contributed by atoms with van der Waals surface area (Å²) < 4.78 is 4.90. The lowest BCUT2D eigenvalue weighted by Gasteiger charge is -2.34. The summed E-state index contributed by atoms with van der Waals surface area (Å²) in [7, 11) is 0. The van der Waals surface area contributed by atoms with Crippen molar-refractivity contribution in [2.24, 2.45) is 0 Å². The number of hydrogen-bond acceptors (Lipinski definition) is 5. The van der Waals surface area contributed by atoms with Gasteiger partial charge in [-0.25, -0.2) is 0 Å². The number of aliphatic hydroxyl groups is 1. The van der Waals surface area contributed by atoms with E-state index in [0.29, 0.717) is 24.2 Å². The van der Waals surface area contributed by atoms with Crippen LogP contribution < -0.4 is 5.32 Å². The van der Waals surface area contributed by atoms with Crippen LogP contribution >= 0.6 is 0 Å². The lowest BCUT2D eigenvalue weighted by atomic mass is 10.00. The van der Waals surface area contributed by atoms with Crippen molar-refractivity contribution in [3.63, 3.8) is 0 Å². The minimum Gasteiger partial charge on any atom is -0.396 e. The van der Waals surface area contributed by atoms with Gasteiger partial charge in [-0.2, -0.15) is 0 Å². The van der Waals surface area contributed by atoms with E-state index in [1.807, 2.05) is 0 Å². The largest absolute Gasteiger partial charge is 0.396 e. The molecule has 2 rings (SSSR count). The van der Waals surface area contributed by atoms with E-state index in [4.69, 9.17) is 9.63 Å². The molecule has 2 heterocycles. The predicted octanol–water partition coefficient (Wildman–Crippen LogP) is 1.16. The van der Waals surface area contributed by atoms with E-state index in [-0.39, 0.29) is 12.5 Å². The van der Waals surface area contributed by atoms with Gasteiger partial charge in [0.05, 0.1) is 6.54 Å². The van der Waals surface area contributed by atoms with Crippen molar-refractivity contribution < 1.29 is 14.4 Å². The van der Waals surface area contributed by atoms with Crippen LogP contribution in [0.1, 0.15) is 31.4 Å². The summed E-state index contributed by atoms with van der Waals surface area (Å²) in [6, 6.07) is 2.00. The molecule has 1 aromatic rings. The van der Waals surface area contributed by atoms with Gasteiger partial charge in [-0.15, -0.1) is 0 Å². The fourth-order valence-electron chi connectivity index (χ4n) is 2.54. The van der Waals surface area contributed by atoms with Gasteiger partial charge in [0.1, 0.15) is 5.76 Å². The molecule has 0 radical (unpaired) electrons. The van der Waals surface area contributed by atoms with Gasteiger partial charge in [0.25, 0.3) is 0 Å². The molecule has 0 saturated carbocycles. The zero-order chi connectivity index (χ0) is 13.7. The van der Waals surface area contributed by atoms with Crippen LogP contribution in [0, 0.1) is 6.92 Å². The Morgan fingerprint density at radius 1 is 1.63 bits per heavy atom. The van der Waals surface area contributed by atoms with E-state index >= 15 is 0 Å². The van der Waals surface area contributed by atoms with Crippen LogP contribution in [-0.4, -0.2) is 46.8 Å². The molecule has 1 aromatic heterocycles. The van der Waals surface area contributed by atoms with E-state index < -0.39 is 0 Å². The molecule has 6 heteroatoms. The molecule has 1 aliphatic heterocycles. The summed E-state index contributed by atoms with van der Waals surface area (Å²) in [5.74, 6) is 1.04. The molecule has 6 nitrogen and oxygen atoms in total. The molecule has 2 N–H and O–H groups in total. The monoisotopic (exact) mass is 267 g/mol. The second kappa shape index (κ2) is 6.68. The van der Waals surface area contributed by atoms with E-state index in [1.54, 1.807) is 13.0 Å². The zero-order valence-corrected chi connectivity index (χ0v) is 11.3.